The number of para-hydroxylation sites is 1. The van der Waals surface area contributed by atoms with E-state index in [0.29, 0.717) is 23.4 Å². The normalized spacial score (nSPS) is 14.6. The molecule has 2 aromatic rings. The molecule has 0 atom stereocenters. The molecule has 1 amide bonds. The zero-order chi connectivity index (χ0) is 19.1. The topological polar surface area (TPSA) is 59.4 Å². The number of nitrogens with one attached hydrogen (secondary N) is 1. The number of benzene rings is 2. The molecule has 1 N–H and O–H groups in total. The van der Waals surface area contributed by atoms with Gasteiger partial charge in [0.05, 0.1) is 17.3 Å². The molecule has 5 nitrogen and oxygen atoms in total. The van der Waals surface area contributed by atoms with Crippen molar-refractivity contribution in [2.75, 3.05) is 44.2 Å². The summed E-state index contributed by atoms with van der Waals surface area (Å²) in [6, 6.07) is 15.5. The summed E-state index contributed by atoms with van der Waals surface area (Å²) in [5.41, 5.74) is 1.78. The molecule has 0 bridgehead atoms. The maximum atomic E-state index is 13.9. The smallest absolute Gasteiger partial charge is 0.251 e. The summed E-state index contributed by atoms with van der Waals surface area (Å²) in [7, 11) is 0. The molecule has 6 heteroatoms. The highest BCUT2D eigenvalue weighted by molar-refractivity contribution is 5.94. The molecule has 0 unspecified atom stereocenters. The standard InChI is InChI=1S/C21H23FN4O/c22-19-4-1-2-5-20(19)26-14-12-25(13-15-26)11-3-10-24-21(27)18-8-6-17(16-23)7-9-18/h1-2,4-9H,3,10-15H2,(H,24,27). The molecule has 0 spiro atoms. The van der Waals surface area contributed by atoms with Crippen molar-refractivity contribution in [3.05, 3.63) is 65.5 Å². The van der Waals surface area contributed by atoms with Crippen molar-refractivity contribution >= 4 is 11.6 Å². The van der Waals surface area contributed by atoms with Crippen LogP contribution in [0.25, 0.3) is 0 Å². The Morgan fingerprint density at radius 3 is 2.44 bits per heavy atom. The molecule has 0 aliphatic carbocycles. The molecule has 0 saturated carbocycles. The van der Waals surface area contributed by atoms with Crippen molar-refractivity contribution < 1.29 is 9.18 Å². The molecule has 1 fully saturated rings. The number of nitriles is 1. The van der Waals surface area contributed by atoms with Gasteiger partial charge in [0.25, 0.3) is 5.91 Å². The third-order valence-electron chi connectivity index (χ3n) is 4.78. The van der Waals surface area contributed by atoms with Gasteiger partial charge < -0.3 is 10.2 Å². The quantitative estimate of drug-likeness (QED) is 0.799. The Kier molecular flexibility index (Phi) is 6.39. The van der Waals surface area contributed by atoms with Crippen molar-refractivity contribution in [1.29, 1.82) is 5.26 Å². The zero-order valence-corrected chi connectivity index (χ0v) is 15.2. The Hall–Kier alpha value is -2.91. The molecule has 0 radical (unpaired) electrons. The molecule has 1 heterocycles. The van der Waals surface area contributed by atoms with Gasteiger partial charge in [0, 0.05) is 38.3 Å². The average Bonchev–Trinajstić information content (AvgIpc) is 2.72. The van der Waals surface area contributed by atoms with E-state index in [0.717, 1.165) is 39.1 Å². The van der Waals surface area contributed by atoms with Crippen molar-refractivity contribution in [3.8, 4) is 6.07 Å². The van der Waals surface area contributed by atoms with Crippen molar-refractivity contribution in [3.63, 3.8) is 0 Å². The first-order valence-electron chi connectivity index (χ1n) is 9.17. The van der Waals surface area contributed by atoms with Crippen LogP contribution >= 0.6 is 0 Å². The molecule has 1 aliphatic heterocycles. The number of hydrogen-bond acceptors (Lipinski definition) is 4. The van der Waals surface area contributed by atoms with E-state index >= 15 is 0 Å². The molecular formula is C21H23FN4O. The molecule has 3 rings (SSSR count). The molecule has 27 heavy (non-hydrogen) atoms. The number of rotatable bonds is 6. The maximum absolute atomic E-state index is 13.9. The molecule has 2 aromatic carbocycles. The lowest BCUT2D eigenvalue weighted by Gasteiger charge is -2.36. The fourth-order valence-electron chi connectivity index (χ4n) is 3.22. The van der Waals surface area contributed by atoms with Crippen molar-refractivity contribution in [2.45, 2.75) is 6.42 Å². The van der Waals surface area contributed by atoms with E-state index in [-0.39, 0.29) is 11.7 Å². The van der Waals surface area contributed by atoms with Crippen LogP contribution in [0.5, 0.6) is 0 Å². The first kappa shape index (κ1) is 18.9. The lowest BCUT2D eigenvalue weighted by Crippen LogP contribution is -2.47. The predicted octanol–water partition coefficient (Wildman–Crippen LogP) is 2.64. The van der Waals surface area contributed by atoms with Gasteiger partial charge in [-0.25, -0.2) is 4.39 Å². The van der Waals surface area contributed by atoms with E-state index in [1.807, 2.05) is 18.2 Å². The summed E-state index contributed by atoms with van der Waals surface area (Å²) in [6.07, 6.45) is 0.863. The maximum Gasteiger partial charge on any atom is 0.251 e. The summed E-state index contributed by atoms with van der Waals surface area (Å²) in [5, 5.41) is 11.7. The van der Waals surface area contributed by atoms with Crippen molar-refractivity contribution in [2.24, 2.45) is 0 Å². The minimum Gasteiger partial charge on any atom is -0.367 e. The van der Waals surface area contributed by atoms with Gasteiger partial charge in [0.1, 0.15) is 5.82 Å². The molecule has 1 saturated heterocycles. The number of piperazine rings is 1. The molecule has 1 aliphatic rings. The number of nitrogens with zero attached hydrogens (tertiary/aromatic N) is 3. The van der Waals surface area contributed by atoms with Gasteiger partial charge in [-0.2, -0.15) is 5.26 Å². The van der Waals surface area contributed by atoms with Crippen LogP contribution in [0.1, 0.15) is 22.3 Å². The Labute approximate surface area is 159 Å². The highest BCUT2D eigenvalue weighted by Crippen LogP contribution is 2.20. The highest BCUT2D eigenvalue weighted by Gasteiger charge is 2.18. The number of amides is 1. The zero-order valence-electron chi connectivity index (χ0n) is 15.2. The summed E-state index contributed by atoms with van der Waals surface area (Å²) in [4.78, 5) is 16.5. The van der Waals surface area contributed by atoms with Crippen LogP contribution in [0.3, 0.4) is 0 Å². The second-order valence-corrected chi connectivity index (χ2v) is 6.58. The van der Waals surface area contributed by atoms with Crippen LogP contribution in [-0.4, -0.2) is 50.1 Å². The van der Waals surface area contributed by atoms with E-state index in [2.05, 4.69) is 15.1 Å². The monoisotopic (exact) mass is 366 g/mol. The van der Waals surface area contributed by atoms with E-state index < -0.39 is 0 Å². The first-order valence-corrected chi connectivity index (χ1v) is 9.17. The lowest BCUT2D eigenvalue weighted by atomic mass is 10.1. The first-order chi connectivity index (χ1) is 13.2. The number of hydrogen-bond donors (Lipinski definition) is 1. The Morgan fingerprint density at radius 1 is 1.07 bits per heavy atom. The van der Waals surface area contributed by atoms with E-state index in [9.17, 15) is 9.18 Å². The Bertz CT molecular complexity index is 808. The Balaban J connectivity index is 1.36. The predicted molar refractivity (Wildman–Crippen MR) is 103 cm³/mol. The van der Waals surface area contributed by atoms with Gasteiger partial charge in [0.2, 0.25) is 0 Å². The summed E-state index contributed by atoms with van der Waals surface area (Å²) in [5.74, 6) is -0.291. The lowest BCUT2D eigenvalue weighted by molar-refractivity contribution is 0.0951. The SMILES string of the molecule is N#Cc1ccc(C(=O)NCCCN2CCN(c3ccccc3F)CC2)cc1. The van der Waals surface area contributed by atoms with Gasteiger partial charge in [-0.05, 0) is 49.4 Å². The summed E-state index contributed by atoms with van der Waals surface area (Å²) >= 11 is 0. The van der Waals surface area contributed by atoms with Gasteiger partial charge in [-0.1, -0.05) is 12.1 Å². The average molecular weight is 366 g/mol. The van der Waals surface area contributed by atoms with Gasteiger partial charge in [-0.3, -0.25) is 9.69 Å². The second kappa shape index (κ2) is 9.15. The van der Waals surface area contributed by atoms with Crippen LogP contribution in [0, 0.1) is 17.1 Å². The molecule has 140 valence electrons. The van der Waals surface area contributed by atoms with E-state index in [1.165, 1.54) is 6.07 Å². The van der Waals surface area contributed by atoms with Crippen LogP contribution < -0.4 is 10.2 Å². The second-order valence-electron chi connectivity index (χ2n) is 6.58. The summed E-state index contributed by atoms with van der Waals surface area (Å²) < 4.78 is 13.9. The fraction of sp³-hybridized carbons (Fsp3) is 0.333. The minimum atomic E-state index is -0.170. The van der Waals surface area contributed by atoms with E-state index in [4.69, 9.17) is 5.26 Å². The van der Waals surface area contributed by atoms with Crippen LogP contribution in [0.4, 0.5) is 10.1 Å². The van der Waals surface area contributed by atoms with Crippen LogP contribution in [0.15, 0.2) is 48.5 Å². The Morgan fingerprint density at radius 2 is 1.78 bits per heavy atom. The van der Waals surface area contributed by atoms with Crippen LogP contribution in [-0.2, 0) is 0 Å². The third kappa shape index (κ3) is 5.05. The third-order valence-corrected chi connectivity index (χ3v) is 4.78. The minimum absolute atomic E-state index is 0.121. The fourth-order valence-corrected chi connectivity index (χ4v) is 3.22. The van der Waals surface area contributed by atoms with Crippen molar-refractivity contribution in [1.82, 2.24) is 10.2 Å². The summed E-state index contributed by atoms with van der Waals surface area (Å²) in [6.45, 7) is 4.89. The number of halogens is 1. The largest absolute Gasteiger partial charge is 0.367 e. The van der Waals surface area contributed by atoms with Gasteiger partial charge in [0.15, 0.2) is 0 Å². The number of carbonyl (C=O) groups excluding carboxylic acids is 1. The van der Waals surface area contributed by atoms with Gasteiger partial charge >= 0.3 is 0 Å². The molecular weight excluding hydrogens is 343 g/mol. The van der Waals surface area contributed by atoms with Gasteiger partial charge in [-0.15, -0.1) is 0 Å². The van der Waals surface area contributed by atoms with E-state index in [1.54, 1.807) is 30.3 Å². The molecule has 0 aromatic heterocycles. The van der Waals surface area contributed by atoms with Crippen LogP contribution in [0.2, 0.25) is 0 Å². The highest BCUT2D eigenvalue weighted by atomic mass is 19.1. The number of carbonyl (C=O) groups is 1. The number of anilines is 1.